The third-order valence-corrected chi connectivity index (χ3v) is 4.25. The lowest BCUT2D eigenvalue weighted by Crippen LogP contribution is -2.27. The van der Waals surface area contributed by atoms with Crippen LogP contribution in [0.15, 0.2) is 42.5 Å². The van der Waals surface area contributed by atoms with Crippen molar-refractivity contribution in [1.29, 1.82) is 0 Å². The number of aryl methyl sites for hydroxylation is 2. The fraction of sp³-hybridized carbons (Fsp3) is 0.263. The number of hydrogen-bond acceptors (Lipinski definition) is 4. The number of nitrogens with one attached hydrogen (secondary N) is 2. The van der Waals surface area contributed by atoms with Crippen molar-refractivity contribution in [3.05, 3.63) is 65.0 Å². The number of fused-ring (bicyclic) bond motifs is 1. The summed E-state index contributed by atoms with van der Waals surface area (Å²) in [6.07, 6.45) is 1.54. The van der Waals surface area contributed by atoms with Gasteiger partial charge in [-0.15, -0.1) is 0 Å². The van der Waals surface area contributed by atoms with Gasteiger partial charge in [-0.25, -0.2) is 10.5 Å². The number of amides is 1. The summed E-state index contributed by atoms with van der Waals surface area (Å²) in [6.45, 7) is 4.09. The number of nitrogens with zero attached hydrogens (tertiary/aromatic N) is 2. The molecular formula is C19H22N4O2. The van der Waals surface area contributed by atoms with E-state index in [0.29, 0.717) is 6.42 Å². The molecule has 1 amide bonds. The number of aromatic nitrogens is 2. The Morgan fingerprint density at radius 2 is 1.96 bits per heavy atom. The molecule has 0 unspecified atom stereocenters. The molecule has 130 valence electrons. The van der Waals surface area contributed by atoms with E-state index >= 15 is 0 Å². The van der Waals surface area contributed by atoms with Gasteiger partial charge < -0.3 is 5.32 Å². The smallest absolute Gasteiger partial charge is 0.262 e. The fourth-order valence-electron chi connectivity index (χ4n) is 2.97. The lowest BCUT2D eigenvalue weighted by atomic mass is 10.1. The molecule has 0 aliphatic heterocycles. The van der Waals surface area contributed by atoms with Gasteiger partial charge in [-0.1, -0.05) is 43.3 Å². The van der Waals surface area contributed by atoms with E-state index in [2.05, 4.69) is 36.5 Å². The highest BCUT2D eigenvalue weighted by Gasteiger charge is 2.17. The maximum absolute atomic E-state index is 11.5. The number of pyridine rings is 1. The van der Waals surface area contributed by atoms with Gasteiger partial charge >= 0.3 is 0 Å². The van der Waals surface area contributed by atoms with E-state index in [1.54, 1.807) is 5.48 Å². The highest BCUT2D eigenvalue weighted by atomic mass is 16.5. The largest absolute Gasteiger partial charge is 0.360 e. The van der Waals surface area contributed by atoms with Crippen LogP contribution in [0, 0.1) is 6.92 Å². The SMILES string of the molecule is CCc1ccc(C)n2c(NCC(=O)NO)c(Cc3ccccc3)nc12. The number of imidazole rings is 1. The zero-order chi connectivity index (χ0) is 17.8. The molecule has 3 rings (SSSR count). The molecule has 2 heterocycles. The van der Waals surface area contributed by atoms with Gasteiger partial charge in [0.05, 0.1) is 12.2 Å². The van der Waals surface area contributed by atoms with Gasteiger partial charge in [-0.3, -0.25) is 14.4 Å². The third kappa shape index (κ3) is 3.49. The molecule has 0 radical (unpaired) electrons. The first-order valence-corrected chi connectivity index (χ1v) is 8.34. The first kappa shape index (κ1) is 17.0. The van der Waals surface area contributed by atoms with Crippen molar-refractivity contribution in [2.45, 2.75) is 26.7 Å². The van der Waals surface area contributed by atoms with Gasteiger partial charge in [0, 0.05) is 12.1 Å². The highest BCUT2D eigenvalue weighted by molar-refractivity contribution is 5.79. The van der Waals surface area contributed by atoms with E-state index in [0.717, 1.165) is 40.4 Å². The number of hydrogen-bond donors (Lipinski definition) is 3. The molecular weight excluding hydrogens is 316 g/mol. The molecule has 6 nitrogen and oxygen atoms in total. The zero-order valence-corrected chi connectivity index (χ0v) is 14.4. The molecule has 3 N–H and O–H groups in total. The van der Waals surface area contributed by atoms with Gasteiger partial charge in [0.15, 0.2) is 0 Å². The van der Waals surface area contributed by atoms with E-state index in [-0.39, 0.29) is 6.54 Å². The number of benzene rings is 1. The average Bonchev–Trinajstić information content (AvgIpc) is 3.00. The molecule has 0 saturated carbocycles. The van der Waals surface area contributed by atoms with Crippen LogP contribution in [-0.2, 0) is 17.6 Å². The van der Waals surface area contributed by atoms with Crippen LogP contribution in [0.5, 0.6) is 0 Å². The van der Waals surface area contributed by atoms with Crippen LogP contribution in [0.3, 0.4) is 0 Å². The molecule has 6 heteroatoms. The number of hydroxylamine groups is 1. The first-order valence-electron chi connectivity index (χ1n) is 8.34. The van der Waals surface area contributed by atoms with Gasteiger partial charge in [-0.2, -0.15) is 0 Å². The summed E-state index contributed by atoms with van der Waals surface area (Å²) in [6, 6.07) is 14.2. The second kappa shape index (κ2) is 7.36. The fourth-order valence-corrected chi connectivity index (χ4v) is 2.97. The molecule has 0 bridgehead atoms. The normalized spacial score (nSPS) is 10.8. The standard InChI is InChI=1S/C19H22N4O2/c1-3-15-10-9-13(2)23-18(15)21-16(11-14-7-5-4-6-8-14)19(23)20-12-17(24)22-25/h4-10,20,25H,3,11-12H2,1-2H3,(H,22,24). The highest BCUT2D eigenvalue weighted by Crippen LogP contribution is 2.25. The molecule has 0 aliphatic rings. The van der Waals surface area contributed by atoms with E-state index in [4.69, 9.17) is 10.2 Å². The minimum atomic E-state index is -0.495. The average molecular weight is 338 g/mol. The van der Waals surface area contributed by atoms with Crippen LogP contribution < -0.4 is 10.8 Å². The molecule has 0 atom stereocenters. The molecule has 25 heavy (non-hydrogen) atoms. The van der Waals surface area contributed by atoms with E-state index in [9.17, 15) is 4.79 Å². The van der Waals surface area contributed by atoms with Crippen molar-refractivity contribution in [2.24, 2.45) is 0 Å². The van der Waals surface area contributed by atoms with Crippen molar-refractivity contribution < 1.29 is 10.0 Å². The Morgan fingerprint density at radius 3 is 2.64 bits per heavy atom. The number of anilines is 1. The second-order valence-electron chi connectivity index (χ2n) is 5.97. The molecule has 0 spiro atoms. The Bertz CT molecular complexity index is 887. The number of rotatable bonds is 6. The summed E-state index contributed by atoms with van der Waals surface area (Å²) in [7, 11) is 0. The minimum absolute atomic E-state index is 0.0259. The summed E-state index contributed by atoms with van der Waals surface area (Å²) < 4.78 is 2.04. The van der Waals surface area contributed by atoms with Crippen LogP contribution >= 0.6 is 0 Å². The van der Waals surface area contributed by atoms with E-state index < -0.39 is 5.91 Å². The van der Waals surface area contributed by atoms with E-state index in [1.807, 2.05) is 29.5 Å². The molecule has 1 aromatic carbocycles. The number of carbonyl (C=O) groups is 1. The summed E-state index contributed by atoms with van der Waals surface area (Å²) in [5.74, 6) is 0.292. The van der Waals surface area contributed by atoms with Crippen molar-refractivity contribution in [3.63, 3.8) is 0 Å². The lowest BCUT2D eigenvalue weighted by Gasteiger charge is -2.11. The van der Waals surface area contributed by atoms with Crippen molar-refractivity contribution >= 4 is 17.4 Å². The maximum Gasteiger partial charge on any atom is 0.262 e. The van der Waals surface area contributed by atoms with Gasteiger partial charge in [0.1, 0.15) is 11.5 Å². The van der Waals surface area contributed by atoms with Gasteiger partial charge in [-0.05, 0) is 30.5 Å². The summed E-state index contributed by atoms with van der Waals surface area (Å²) >= 11 is 0. The Balaban J connectivity index is 2.09. The molecule has 0 fully saturated rings. The lowest BCUT2D eigenvalue weighted by molar-refractivity contribution is -0.127. The predicted octanol–water partition coefficient (Wildman–Crippen LogP) is 2.71. The van der Waals surface area contributed by atoms with Crippen LogP contribution in [0.2, 0.25) is 0 Å². The van der Waals surface area contributed by atoms with Crippen LogP contribution in [0.1, 0.15) is 29.4 Å². The summed E-state index contributed by atoms with van der Waals surface area (Å²) in [5, 5.41) is 11.9. The topological polar surface area (TPSA) is 78.7 Å². The monoisotopic (exact) mass is 338 g/mol. The molecule has 2 aromatic heterocycles. The Morgan fingerprint density at radius 1 is 1.20 bits per heavy atom. The van der Waals surface area contributed by atoms with Crippen LogP contribution in [0.4, 0.5) is 5.82 Å². The van der Waals surface area contributed by atoms with Crippen molar-refractivity contribution in [3.8, 4) is 0 Å². The maximum atomic E-state index is 11.5. The second-order valence-corrected chi connectivity index (χ2v) is 5.97. The summed E-state index contributed by atoms with van der Waals surface area (Å²) in [5.41, 5.74) is 6.76. The van der Waals surface area contributed by atoms with Gasteiger partial charge in [0.2, 0.25) is 0 Å². The van der Waals surface area contributed by atoms with Crippen LogP contribution in [-0.4, -0.2) is 27.0 Å². The summed E-state index contributed by atoms with van der Waals surface area (Å²) in [4.78, 5) is 16.3. The van der Waals surface area contributed by atoms with Crippen molar-refractivity contribution in [2.75, 3.05) is 11.9 Å². The Labute approximate surface area is 146 Å². The Hall–Kier alpha value is -2.86. The third-order valence-electron chi connectivity index (χ3n) is 4.25. The van der Waals surface area contributed by atoms with E-state index in [1.165, 1.54) is 0 Å². The Kier molecular flexibility index (Phi) is 5.00. The van der Waals surface area contributed by atoms with Gasteiger partial charge in [0.25, 0.3) is 5.91 Å². The first-order chi connectivity index (χ1) is 12.1. The zero-order valence-electron chi connectivity index (χ0n) is 14.4. The molecule has 0 saturated heterocycles. The van der Waals surface area contributed by atoms with Crippen LogP contribution in [0.25, 0.3) is 5.65 Å². The quantitative estimate of drug-likeness (QED) is 0.477. The van der Waals surface area contributed by atoms with Crippen molar-refractivity contribution in [1.82, 2.24) is 14.9 Å². The minimum Gasteiger partial charge on any atom is -0.360 e. The molecule has 3 aromatic rings. The predicted molar refractivity (Wildman–Crippen MR) is 97.0 cm³/mol. The molecule has 0 aliphatic carbocycles. The number of carbonyl (C=O) groups excluding carboxylic acids is 1.